The van der Waals surface area contributed by atoms with E-state index in [2.05, 4.69) is 9.97 Å². The summed E-state index contributed by atoms with van der Waals surface area (Å²) in [6.07, 6.45) is 10.1. The number of carbonyl (C=O) groups excluding carboxylic acids is 1. The molecule has 0 bridgehead atoms. The van der Waals surface area contributed by atoms with E-state index in [0.29, 0.717) is 0 Å². The van der Waals surface area contributed by atoms with Gasteiger partial charge in [0.15, 0.2) is 0 Å². The van der Waals surface area contributed by atoms with Crippen molar-refractivity contribution in [3.8, 4) is 0 Å². The van der Waals surface area contributed by atoms with Crippen LogP contribution in [0.2, 0.25) is 0 Å². The second-order valence-electron chi connectivity index (χ2n) is 3.71. The van der Waals surface area contributed by atoms with Crippen LogP contribution in [0.1, 0.15) is 25.0 Å². The molecule has 1 aromatic heterocycles. The normalized spacial score (nSPS) is 19.1. The second kappa shape index (κ2) is 3.24. The first-order chi connectivity index (χ1) is 6.35. The third-order valence-electron chi connectivity index (χ3n) is 2.75. The number of aromatic nitrogens is 2. The lowest BCUT2D eigenvalue weighted by atomic mass is 9.67. The molecular weight excluding hydrogens is 164 g/mol. The fourth-order valence-corrected chi connectivity index (χ4v) is 1.75. The molecule has 0 amide bonds. The molecule has 0 radical (unpaired) electrons. The Labute approximate surface area is 77.2 Å². The van der Waals surface area contributed by atoms with Gasteiger partial charge < -0.3 is 4.79 Å². The Balaban J connectivity index is 2.09. The molecular formula is C10H12N2O. The Bertz CT molecular complexity index is 293. The van der Waals surface area contributed by atoms with Crippen LogP contribution in [0.3, 0.4) is 0 Å². The van der Waals surface area contributed by atoms with Gasteiger partial charge in [-0.25, -0.2) is 0 Å². The summed E-state index contributed by atoms with van der Waals surface area (Å²) >= 11 is 0. The fourth-order valence-electron chi connectivity index (χ4n) is 1.75. The molecule has 3 heteroatoms. The van der Waals surface area contributed by atoms with Crippen molar-refractivity contribution in [1.82, 2.24) is 9.97 Å². The molecule has 1 saturated carbocycles. The first kappa shape index (κ1) is 8.35. The topological polar surface area (TPSA) is 42.9 Å². The summed E-state index contributed by atoms with van der Waals surface area (Å²) in [5, 5.41) is 0. The van der Waals surface area contributed by atoms with Gasteiger partial charge in [0, 0.05) is 30.4 Å². The van der Waals surface area contributed by atoms with Crippen LogP contribution in [0.5, 0.6) is 0 Å². The zero-order chi connectivity index (χ0) is 9.15. The summed E-state index contributed by atoms with van der Waals surface area (Å²) in [5.74, 6) is 0. The lowest BCUT2D eigenvalue weighted by Crippen LogP contribution is -2.33. The average Bonchev–Trinajstić information content (AvgIpc) is 2.13. The predicted octanol–water partition coefficient (Wildman–Crippen LogP) is 1.39. The molecule has 0 aromatic carbocycles. The molecule has 2 rings (SSSR count). The van der Waals surface area contributed by atoms with Gasteiger partial charge >= 0.3 is 0 Å². The molecule has 0 saturated heterocycles. The van der Waals surface area contributed by atoms with Crippen LogP contribution in [0.25, 0.3) is 0 Å². The van der Waals surface area contributed by atoms with E-state index >= 15 is 0 Å². The monoisotopic (exact) mass is 176 g/mol. The smallest absolute Gasteiger partial charge is 0.126 e. The van der Waals surface area contributed by atoms with Gasteiger partial charge in [0.05, 0.1) is 5.69 Å². The lowest BCUT2D eigenvalue weighted by molar-refractivity contribution is -0.120. The molecule has 3 nitrogen and oxygen atoms in total. The molecule has 1 aromatic rings. The number of rotatable bonds is 3. The van der Waals surface area contributed by atoms with Crippen LogP contribution in [-0.4, -0.2) is 16.3 Å². The van der Waals surface area contributed by atoms with Crippen molar-refractivity contribution in [3.05, 3.63) is 24.3 Å². The predicted molar refractivity (Wildman–Crippen MR) is 48.1 cm³/mol. The van der Waals surface area contributed by atoms with Crippen LogP contribution in [0.15, 0.2) is 18.6 Å². The van der Waals surface area contributed by atoms with Gasteiger partial charge in [0.25, 0.3) is 0 Å². The summed E-state index contributed by atoms with van der Waals surface area (Å²) in [5.41, 5.74) is 0.810. The molecule has 0 unspecified atom stereocenters. The zero-order valence-electron chi connectivity index (χ0n) is 7.44. The molecule has 1 aliphatic rings. The van der Waals surface area contributed by atoms with Crippen molar-refractivity contribution < 1.29 is 4.79 Å². The maximum atomic E-state index is 10.9. The maximum absolute atomic E-state index is 10.9. The largest absolute Gasteiger partial charge is 0.303 e. The van der Waals surface area contributed by atoms with Crippen LogP contribution >= 0.6 is 0 Å². The van der Waals surface area contributed by atoms with E-state index in [4.69, 9.17) is 0 Å². The van der Waals surface area contributed by atoms with Crippen molar-refractivity contribution >= 4 is 6.29 Å². The maximum Gasteiger partial charge on any atom is 0.126 e. The van der Waals surface area contributed by atoms with E-state index in [1.807, 2.05) is 0 Å². The van der Waals surface area contributed by atoms with E-state index in [1.165, 1.54) is 6.42 Å². The van der Waals surface area contributed by atoms with Gasteiger partial charge in [-0.1, -0.05) is 6.42 Å². The summed E-state index contributed by atoms with van der Waals surface area (Å²) in [6.45, 7) is 0. The van der Waals surface area contributed by atoms with Gasteiger partial charge in [-0.15, -0.1) is 0 Å². The fraction of sp³-hybridized carbons (Fsp3) is 0.500. The van der Waals surface area contributed by atoms with Crippen LogP contribution in [-0.2, 0) is 11.2 Å². The van der Waals surface area contributed by atoms with Crippen LogP contribution in [0, 0.1) is 5.41 Å². The van der Waals surface area contributed by atoms with E-state index < -0.39 is 0 Å². The van der Waals surface area contributed by atoms with Crippen LogP contribution < -0.4 is 0 Å². The first-order valence-electron chi connectivity index (χ1n) is 4.56. The van der Waals surface area contributed by atoms with E-state index in [9.17, 15) is 4.79 Å². The highest BCUT2D eigenvalue weighted by Crippen LogP contribution is 2.41. The summed E-state index contributed by atoms with van der Waals surface area (Å²) in [7, 11) is 0. The van der Waals surface area contributed by atoms with E-state index in [0.717, 1.165) is 31.2 Å². The van der Waals surface area contributed by atoms with Crippen molar-refractivity contribution in [1.29, 1.82) is 0 Å². The second-order valence-corrected chi connectivity index (χ2v) is 3.71. The zero-order valence-corrected chi connectivity index (χ0v) is 7.44. The average molecular weight is 176 g/mol. The third kappa shape index (κ3) is 1.59. The number of hydrogen-bond donors (Lipinski definition) is 0. The Hall–Kier alpha value is -1.25. The highest BCUT2D eigenvalue weighted by molar-refractivity contribution is 5.61. The first-order valence-corrected chi connectivity index (χ1v) is 4.56. The number of carbonyl (C=O) groups is 1. The van der Waals surface area contributed by atoms with Crippen molar-refractivity contribution in [2.24, 2.45) is 5.41 Å². The Morgan fingerprint density at radius 1 is 1.46 bits per heavy atom. The van der Waals surface area contributed by atoms with Gasteiger partial charge in [-0.05, 0) is 12.8 Å². The van der Waals surface area contributed by atoms with Gasteiger partial charge in [0.2, 0.25) is 0 Å². The minimum absolute atomic E-state index is 0.115. The molecule has 0 aliphatic heterocycles. The van der Waals surface area contributed by atoms with Gasteiger partial charge in [0.1, 0.15) is 6.29 Å². The molecule has 1 aliphatic carbocycles. The lowest BCUT2D eigenvalue weighted by Gasteiger charge is -2.36. The standard InChI is InChI=1S/C10H12N2O/c13-8-10(2-1-3-10)6-9-7-11-4-5-12-9/h4-5,7-8H,1-3,6H2. The third-order valence-corrected chi connectivity index (χ3v) is 2.75. The summed E-state index contributed by atoms with van der Waals surface area (Å²) in [4.78, 5) is 19.0. The van der Waals surface area contributed by atoms with Crippen molar-refractivity contribution in [2.75, 3.05) is 0 Å². The quantitative estimate of drug-likeness (QED) is 0.653. The number of nitrogens with zero attached hydrogens (tertiary/aromatic N) is 2. The molecule has 13 heavy (non-hydrogen) atoms. The summed E-state index contributed by atoms with van der Waals surface area (Å²) in [6, 6.07) is 0. The Morgan fingerprint density at radius 2 is 2.31 bits per heavy atom. The van der Waals surface area contributed by atoms with Gasteiger partial charge in [-0.2, -0.15) is 0 Å². The molecule has 68 valence electrons. The Morgan fingerprint density at radius 3 is 2.77 bits per heavy atom. The minimum Gasteiger partial charge on any atom is -0.303 e. The summed E-state index contributed by atoms with van der Waals surface area (Å²) < 4.78 is 0. The molecule has 0 spiro atoms. The van der Waals surface area contributed by atoms with E-state index in [1.54, 1.807) is 18.6 Å². The molecule has 0 N–H and O–H groups in total. The molecule has 1 heterocycles. The number of aldehydes is 1. The molecule has 1 fully saturated rings. The van der Waals surface area contributed by atoms with Crippen molar-refractivity contribution in [2.45, 2.75) is 25.7 Å². The Kier molecular flexibility index (Phi) is 2.08. The highest BCUT2D eigenvalue weighted by Gasteiger charge is 2.37. The highest BCUT2D eigenvalue weighted by atomic mass is 16.1. The van der Waals surface area contributed by atoms with E-state index in [-0.39, 0.29) is 5.41 Å². The van der Waals surface area contributed by atoms with Crippen molar-refractivity contribution in [3.63, 3.8) is 0 Å². The van der Waals surface area contributed by atoms with Crippen LogP contribution in [0.4, 0.5) is 0 Å². The van der Waals surface area contributed by atoms with Gasteiger partial charge in [-0.3, -0.25) is 9.97 Å². The minimum atomic E-state index is -0.115. The SMILES string of the molecule is O=CC1(Cc2cnccn2)CCC1. The molecule has 0 atom stereocenters. The number of hydrogen-bond acceptors (Lipinski definition) is 3.